The molecule has 18 heavy (non-hydrogen) atoms. The first-order valence-electron chi connectivity index (χ1n) is 6.47. The number of carbonyl (C=O) groups is 1. The van der Waals surface area contributed by atoms with E-state index in [0.29, 0.717) is 12.5 Å². The topological polar surface area (TPSA) is 32.3 Å². The van der Waals surface area contributed by atoms with Gasteiger partial charge in [-0.25, -0.2) is 4.79 Å². The molecule has 1 N–H and O–H groups in total. The van der Waals surface area contributed by atoms with Gasteiger partial charge >= 0.3 is 6.03 Å². The third-order valence-corrected chi connectivity index (χ3v) is 3.34. The summed E-state index contributed by atoms with van der Waals surface area (Å²) in [6.07, 6.45) is 3.86. The number of rotatable bonds is 4. The van der Waals surface area contributed by atoms with Gasteiger partial charge in [-0.05, 0) is 24.3 Å². The molecule has 0 bridgehead atoms. The van der Waals surface area contributed by atoms with Crippen LogP contribution in [0.3, 0.4) is 0 Å². The summed E-state index contributed by atoms with van der Waals surface area (Å²) in [6, 6.07) is 10.5. The summed E-state index contributed by atoms with van der Waals surface area (Å²) in [7, 11) is 0. The number of amides is 2. The zero-order chi connectivity index (χ0) is 12.8. The molecule has 2 rings (SSSR count). The van der Waals surface area contributed by atoms with Crippen molar-refractivity contribution in [3.63, 3.8) is 0 Å². The van der Waals surface area contributed by atoms with Gasteiger partial charge in [-0.1, -0.05) is 36.4 Å². The van der Waals surface area contributed by atoms with E-state index >= 15 is 0 Å². The summed E-state index contributed by atoms with van der Waals surface area (Å²) >= 11 is 0. The molecule has 1 aromatic rings. The quantitative estimate of drug-likeness (QED) is 0.811. The van der Waals surface area contributed by atoms with Crippen LogP contribution in [0.5, 0.6) is 0 Å². The summed E-state index contributed by atoms with van der Waals surface area (Å²) in [5.74, 6) is 0.585. The molecule has 1 aliphatic rings. The molecule has 1 aliphatic heterocycles. The third kappa shape index (κ3) is 3.36. The predicted molar refractivity (Wildman–Crippen MR) is 73.4 cm³/mol. The van der Waals surface area contributed by atoms with Gasteiger partial charge in [0.25, 0.3) is 0 Å². The molecule has 96 valence electrons. The molecule has 1 saturated heterocycles. The summed E-state index contributed by atoms with van der Waals surface area (Å²) in [5.41, 5.74) is 1.36. The highest BCUT2D eigenvalue weighted by Gasteiger charge is 2.25. The van der Waals surface area contributed by atoms with Crippen LogP contribution in [-0.2, 0) is 6.42 Å². The second-order valence-electron chi connectivity index (χ2n) is 4.77. The Balaban J connectivity index is 1.81. The first kappa shape index (κ1) is 12.7. The van der Waals surface area contributed by atoms with Crippen molar-refractivity contribution in [2.45, 2.75) is 12.8 Å². The summed E-state index contributed by atoms with van der Waals surface area (Å²) in [4.78, 5) is 13.7. The lowest BCUT2D eigenvalue weighted by atomic mass is 9.99. The second-order valence-corrected chi connectivity index (χ2v) is 4.77. The Morgan fingerprint density at radius 3 is 2.94 bits per heavy atom. The largest absolute Gasteiger partial charge is 0.335 e. The molecular formula is C15H20N2O. The lowest BCUT2D eigenvalue weighted by molar-refractivity contribution is 0.208. The third-order valence-electron chi connectivity index (χ3n) is 3.34. The molecule has 0 aromatic heterocycles. The van der Waals surface area contributed by atoms with E-state index in [1.807, 2.05) is 11.0 Å². The van der Waals surface area contributed by atoms with Gasteiger partial charge in [-0.2, -0.15) is 0 Å². The van der Waals surface area contributed by atoms with Gasteiger partial charge in [0.15, 0.2) is 0 Å². The van der Waals surface area contributed by atoms with E-state index in [-0.39, 0.29) is 6.03 Å². The van der Waals surface area contributed by atoms with Crippen LogP contribution < -0.4 is 5.32 Å². The SMILES string of the molecule is C=CCNC(=O)N1CC[C@H](Cc2ccccc2)C1. The molecule has 3 nitrogen and oxygen atoms in total. The van der Waals surface area contributed by atoms with Gasteiger partial charge < -0.3 is 10.2 Å². The van der Waals surface area contributed by atoms with Crippen molar-refractivity contribution in [1.29, 1.82) is 0 Å². The number of nitrogens with one attached hydrogen (secondary N) is 1. The minimum absolute atomic E-state index is 0.0328. The number of urea groups is 1. The molecule has 1 heterocycles. The van der Waals surface area contributed by atoms with E-state index < -0.39 is 0 Å². The molecule has 1 fully saturated rings. The van der Waals surface area contributed by atoms with Crippen LogP contribution in [0.4, 0.5) is 4.79 Å². The first-order valence-corrected chi connectivity index (χ1v) is 6.47. The van der Waals surface area contributed by atoms with Crippen LogP contribution in [0.25, 0.3) is 0 Å². The van der Waals surface area contributed by atoms with Gasteiger partial charge in [0, 0.05) is 19.6 Å². The highest BCUT2D eigenvalue weighted by Crippen LogP contribution is 2.20. The molecule has 0 aliphatic carbocycles. The van der Waals surface area contributed by atoms with E-state index in [0.717, 1.165) is 25.9 Å². The monoisotopic (exact) mass is 244 g/mol. The Hall–Kier alpha value is -1.77. The smallest absolute Gasteiger partial charge is 0.317 e. The zero-order valence-electron chi connectivity index (χ0n) is 10.6. The molecular weight excluding hydrogens is 224 g/mol. The van der Waals surface area contributed by atoms with Gasteiger partial charge in [0.1, 0.15) is 0 Å². The molecule has 1 atom stereocenters. The lowest BCUT2D eigenvalue weighted by Crippen LogP contribution is -2.38. The number of carbonyl (C=O) groups excluding carboxylic acids is 1. The Bertz CT molecular complexity index is 402. The van der Waals surface area contributed by atoms with Crippen LogP contribution in [0.2, 0.25) is 0 Å². The number of benzene rings is 1. The van der Waals surface area contributed by atoms with Crippen LogP contribution >= 0.6 is 0 Å². The molecule has 0 unspecified atom stereocenters. The van der Waals surface area contributed by atoms with Crippen LogP contribution in [-0.4, -0.2) is 30.6 Å². The number of hydrogen-bond donors (Lipinski definition) is 1. The zero-order valence-corrected chi connectivity index (χ0v) is 10.6. The van der Waals surface area contributed by atoms with Crippen molar-refractivity contribution >= 4 is 6.03 Å². The number of nitrogens with zero attached hydrogens (tertiary/aromatic N) is 1. The van der Waals surface area contributed by atoms with Crippen molar-refractivity contribution in [1.82, 2.24) is 10.2 Å². The van der Waals surface area contributed by atoms with Crippen molar-refractivity contribution in [2.24, 2.45) is 5.92 Å². The van der Waals surface area contributed by atoms with E-state index in [4.69, 9.17) is 0 Å². The van der Waals surface area contributed by atoms with Crippen LogP contribution in [0.1, 0.15) is 12.0 Å². The minimum atomic E-state index is 0.0328. The first-order chi connectivity index (χ1) is 8.79. The summed E-state index contributed by atoms with van der Waals surface area (Å²) in [6.45, 7) is 5.86. The maximum Gasteiger partial charge on any atom is 0.317 e. The fraction of sp³-hybridized carbons (Fsp3) is 0.400. The van der Waals surface area contributed by atoms with Crippen molar-refractivity contribution < 1.29 is 4.79 Å². The Morgan fingerprint density at radius 1 is 1.44 bits per heavy atom. The molecule has 0 spiro atoms. The summed E-state index contributed by atoms with van der Waals surface area (Å²) < 4.78 is 0. The molecule has 1 aromatic carbocycles. The van der Waals surface area contributed by atoms with Crippen molar-refractivity contribution in [2.75, 3.05) is 19.6 Å². The predicted octanol–water partition coefficient (Wildman–Crippen LogP) is 2.45. The molecule has 2 amide bonds. The van der Waals surface area contributed by atoms with Crippen LogP contribution in [0.15, 0.2) is 43.0 Å². The Labute approximate surface area is 108 Å². The fourth-order valence-corrected chi connectivity index (χ4v) is 2.40. The average Bonchev–Trinajstić information content (AvgIpc) is 2.86. The fourth-order valence-electron chi connectivity index (χ4n) is 2.40. The highest BCUT2D eigenvalue weighted by atomic mass is 16.2. The average molecular weight is 244 g/mol. The van der Waals surface area contributed by atoms with E-state index in [2.05, 4.69) is 36.2 Å². The maximum absolute atomic E-state index is 11.8. The van der Waals surface area contributed by atoms with Gasteiger partial charge in [-0.15, -0.1) is 6.58 Å². The van der Waals surface area contributed by atoms with Gasteiger partial charge in [0.2, 0.25) is 0 Å². The van der Waals surface area contributed by atoms with E-state index in [1.54, 1.807) is 6.08 Å². The molecule has 3 heteroatoms. The Morgan fingerprint density at radius 2 is 2.22 bits per heavy atom. The molecule has 0 radical (unpaired) electrons. The highest BCUT2D eigenvalue weighted by molar-refractivity contribution is 5.74. The van der Waals surface area contributed by atoms with Crippen molar-refractivity contribution in [3.05, 3.63) is 48.6 Å². The minimum Gasteiger partial charge on any atom is -0.335 e. The van der Waals surface area contributed by atoms with Gasteiger partial charge in [-0.3, -0.25) is 0 Å². The Kier molecular flexibility index (Phi) is 4.40. The number of likely N-dealkylation sites (tertiary alicyclic amines) is 1. The molecule has 0 saturated carbocycles. The number of hydrogen-bond acceptors (Lipinski definition) is 1. The maximum atomic E-state index is 11.8. The normalized spacial score (nSPS) is 18.7. The van der Waals surface area contributed by atoms with E-state index in [9.17, 15) is 4.79 Å². The second kappa shape index (κ2) is 6.24. The van der Waals surface area contributed by atoms with Gasteiger partial charge in [0.05, 0.1) is 0 Å². The standard InChI is InChI=1S/C15H20N2O/c1-2-9-16-15(18)17-10-8-14(12-17)11-13-6-4-3-5-7-13/h2-7,14H,1,8-12H2,(H,16,18)/t14-/m1/s1. The van der Waals surface area contributed by atoms with E-state index in [1.165, 1.54) is 5.56 Å². The van der Waals surface area contributed by atoms with Crippen molar-refractivity contribution in [3.8, 4) is 0 Å². The van der Waals surface area contributed by atoms with Crippen LogP contribution in [0, 0.1) is 5.92 Å². The lowest BCUT2D eigenvalue weighted by Gasteiger charge is -2.16. The summed E-state index contributed by atoms with van der Waals surface area (Å²) in [5, 5.41) is 2.83.